The highest BCUT2D eigenvalue weighted by atomic mass is 16.5. The summed E-state index contributed by atoms with van der Waals surface area (Å²) in [6.45, 7) is 8.38. The summed E-state index contributed by atoms with van der Waals surface area (Å²) in [5.74, 6) is 1.73. The first kappa shape index (κ1) is 19.1. The lowest BCUT2D eigenvalue weighted by Crippen LogP contribution is -2.22. The molecule has 0 aliphatic carbocycles. The van der Waals surface area contributed by atoms with Gasteiger partial charge in [-0.15, -0.1) is 0 Å². The molecule has 2 aromatic heterocycles. The summed E-state index contributed by atoms with van der Waals surface area (Å²) in [7, 11) is 0. The Morgan fingerprint density at radius 3 is 2.52 bits per heavy atom. The van der Waals surface area contributed by atoms with Crippen molar-refractivity contribution in [2.45, 2.75) is 33.3 Å². The van der Waals surface area contributed by atoms with Gasteiger partial charge in [0.15, 0.2) is 0 Å². The van der Waals surface area contributed by atoms with Crippen molar-refractivity contribution in [2.24, 2.45) is 0 Å². The van der Waals surface area contributed by atoms with E-state index >= 15 is 0 Å². The molecule has 1 aromatic carbocycles. The Hall–Kier alpha value is -2.66. The number of ether oxygens (including phenoxy) is 1. The van der Waals surface area contributed by atoms with Crippen LogP contribution in [0.25, 0.3) is 22.2 Å². The van der Waals surface area contributed by atoms with E-state index in [4.69, 9.17) is 9.72 Å². The maximum absolute atomic E-state index is 9.63. The number of hydrogen-bond donors (Lipinski definition) is 1. The number of benzene rings is 1. The molecular formula is C22H27N3O2. The molecule has 1 N–H and O–H groups in total. The van der Waals surface area contributed by atoms with Crippen LogP contribution in [0.1, 0.15) is 27.2 Å². The molecule has 1 unspecified atom stereocenters. The second-order valence-electron chi connectivity index (χ2n) is 6.50. The first-order chi connectivity index (χ1) is 13.1. The molecule has 1 atom stereocenters. The van der Waals surface area contributed by atoms with E-state index in [1.54, 1.807) is 0 Å². The van der Waals surface area contributed by atoms with Crippen LogP contribution in [0.2, 0.25) is 0 Å². The summed E-state index contributed by atoms with van der Waals surface area (Å²) in [6.07, 6.45) is 2.12. The Labute approximate surface area is 160 Å². The summed E-state index contributed by atoms with van der Waals surface area (Å²) in [6, 6.07) is 14.0. The van der Waals surface area contributed by atoms with Gasteiger partial charge in [-0.1, -0.05) is 13.0 Å². The third-order valence-corrected chi connectivity index (χ3v) is 4.71. The van der Waals surface area contributed by atoms with Crippen molar-refractivity contribution in [3.63, 3.8) is 0 Å². The number of aromatic nitrogens is 2. The fraction of sp³-hybridized carbons (Fsp3) is 0.364. The third-order valence-electron chi connectivity index (χ3n) is 4.71. The number of anilines is 1. The Bertz CT molecular complexity index is 876. The lowest BCUT2D eigenvalue weighted by Gasteiger charge is -2.19. The van der Waals surface area contributed by atoms with Gasteiger partial charge in [-0.3, -0.25) is 0 Å². The van der Waals surface area contributed by atoms with Crippen LogP contribution in [0, 0.1) is 0 Å². The van der Waals surface area contributed by atoms with Gasteiger partial charge >= 0.3 is 0 Å². The average Bonchev–Trinajstić information content (AvgIpc) is 2.73. The van der Waals surface area contributed by atoms with Crippen molar-refractivity contribution in [1.29, 1.82) is 0 Å². The molecule has 0 spiro atoms. The topological polar surface area (TPSA) is 58.5 Å². The van der Waals surface area contributed by atoms with Gasteiger partial charge in [0, 0.05) is 30.2 Å². The first-order valence-corrected chi connectivity index (χ1v) is 9.57. The van der Waals surface area contributed by atoms with Gasteiger partial charge in [-0.25, -0.2) is 9.97 Å². The van der Waals surface area contributed by atoms with Gasteiger partial charge in [-0.05, 0) is 56.7 Å². The van der Waals surface area contributed by atoms with E-state index in [1.807, 2.05) is 49.5 Å². The van der Waals surface area contributed by atoms with Gasteiger partial charge in [-0.2, -0.15) is 0 Å². The molecule has 0 bridgehead atoms. The van der Waals surface area contributed by atoms with Gasteiger partial charge in [0.25, 0.3) is 0 Å². The van der Waals surface area contributed by atoms with Gasteiger partial charge in [0.05, 0.1) is 17.3 Å². The molecular weight excluding hydrogens is 338 g/mol. The summed E-state index contributed by atoms with van der Waals surface area (Å²) in [5, 5.41) is 10.6. The lowest BCUT2D eigenvalue weighted by atomic mass is 10.1. The number of nitrogens with zero attached hydrogens (tertiary/aromatic N) is 3. The molecule has 0 radical (unpaired) electrons. The zero-order valence-electron chi connectivity index (χ0n) is 16.2. The fourth-order valence-electron chi connectivity index (χ4n) is 2.94. The van der Waals surface area contributed by atoms with Crippen LogP contribution in [-0.4, -0.2) is 40.9 Å². The SMILES string of the molecule is CCC(O)COc1ccc2nc(-c3ccc(N(CC)CC)nc3)ccc2c1. The second kappa shape index (κ2) is 8.82. The van der Waals surface area contributed by atoms with E-state index < -0.39 is 6.10 Å². The average molecular weight is 365 g/mol. The van der Waals surface area contributed by atoms with Gasteiger partial charge < -0.3 is 14.7 Å². The Morgan fingerprint density at radius 1 is 1.04 bits per heavy atom. The van der Waals surface area contributed by atoms with E-state index in [0.29, 0.717) is 13.0 Å². The molecule has 0 amide bonds. The summed E-state index contributed by atoms with van der Waals surface area (Å²) < 4.78 is 5.65. The minimum absolute atomic E-state index is 0.304. The van der Waals surface area contributed by atoms with Crippen LogP contribution in [0.15, 0.2) is 48.7 Å². The van der Waals surface area contributed by atoms with Crippen LogP contribution in [-0.2, 0) is 0 Å². The minimum atomic E-state index is -0.437. The van der Waals surface area contributed by atoms with Crippen molar-refractivity contribution in [2.75, 3.05) is 24.6 Å². The summed E-state index contributed by atoms with van der Waals surface area (Å²) in [5.41, 5.74) is 2.80. The molecule has 0 aliphatic heterocycles. The number of hydrogen-bond acceptors (Lipinski definition) is 5. The predicted octanol–water partition coefficient (Wildman–Crippen LogP) is 4.29. The van der Waals surface area contributed by atoms with E-state index in [-0.39, 0.29) is 0 Å². The van der Waals surface area contributed by atoms with Crippen LogP contribution >= 0.6 is 0 Å². The van der Waals surface area contributed by atoms with Crippen molar-refractivity contribution < 1.29 is 9.84 Å². The highest BCUT2D eigenvalue weighted by Gasteiger charge is 2.07. The monoisotopic (exact) mass is 365 g/mol. The molecule has 142 valence electrons. The number of pyridine rings is 2. The Kier molecular flexibility index (Phi) is 6.24. The third kappa shape index (κ3) is 4.55. The molecule has 0 fully saturated rings. The fourth-order valence-corrected chi connectivity index (χ4v) is 2.94. The molecule has 5 heteroatoms. The maximum Gasteiger partial charge on any atom is 0.128 e. The standard InChI is InChI=1S/C22H27N3O2/c1-4-18(26)15-27-19-9-11-20-16(13-19)7-10-21(24-20)17-8-12-22(23-14-17)25(5-2)6-3/h7-14,18,26H,4-6,15H2,1-3H3. The van der Waals surface area contributed by atoms with E-state index in [0.717, 1.165) is 46.8 Å². The van der Waals surface area contributed by atoms with E-state index in [9.17, 15) is 5.11 Å². The molecule has 3 aromatic rings. The maximum atomic E-state index is 9.63. The Balaban J connectivity index is 1.80. The van der Waals surface area contributed by atoms with Crippen molar-refractivity contribution in [3.8, 4) is 17.0 Å². The molecule has 0 saturated heterocycles. The quantitative estimate of drug-likeness (QED) is 0.645. The van der Waals surface area contributed by atoms with E-state index in [1.165, 1.54) is 0 Å². The zero-order chi connectivity index (χ0) is 19.2. The molecule has 5 nitrogen and oxygen atoms in total. The van der Waals surface area contributed by atoms with Crippen molar-refractivity contribution in [1.82, 2.24) is 9.97 Å². The Morgan fingerprint density at radius 2 is 1.85 bits per heavy atom. The van der Waals surface area contributed by atoms with Crippen molar-refractivity contribution >= 4 is 16.7 Å². The molecule has 3 rings (SSSR count). The molecule has 2 heterocycles. The molecule has 0 saturated carbocycles. The molecule has 27 heavy (non-hydrogen) atoms. The lowest BCUT2D eigenvalue weighted by molar-refractivity contribution is 0.104. The van der Waals surface area contributed by atoms with E-state index in [2.05, 4.69) is 29.8 Å². The number of aliphatic hydroxyl groups excluding tert-OH is 1. The predicted molar refractivity (Wildman–Crippen MR) is 110 cm³/mol. The highest BCUT2D eigenvalue weighted by molar-refractivity contribution is 5.82. The normalized spacial score (nSPS) is 12.1. The number of fused-ring (bicyclic) bond motifs is 1. The van der Waals surface area contributed by atoms with Gasteiger partial charge in [0.1, 0.15) is 18.2 Å². The van der Waals surface area contributed by atoms with Crippen LogP contribution < -0.4 is 9.64 Å². The number of aliphatic hydroxyl groups is 1. The first-order valence-electron chi connectivity index (χ1n) is 9.57. The largest absolute Gasteiger partial charge is 0.491 e. The molecule has 0 aliphatic rings. The van der Waals surface area contributed by atoms with Crippen LogP contribution in [0.5, 0.6) is 5.75 Å². The smallest absolute Gasteiger partial charge is 0.128 e. The number of rotatable bonds is 8. The second-order valence-corrected chi connectivity index (χ2v) is 6.50. The van der Waals surface area contributed by atoms with Crippen LogP contribution in [0.4, 0.5) is 5.82 Å². The minimum Gasteiger partial charge on any atom is -0.491 e. The summed E-state index contributed by atoms with van der Waals surface area (Å²) >= 11 is 0. The van der Waals surface area contributed by atoms with Crippen molar-refractivity contribution in [3.05, 3.63) is 48.7 Å². The van der Waals surface area contributed by atoms with Crippen LogP contribution in [0.3, 0.4) is 0 Å². The van der Waals surface area contributed by atoms with Gasteiger partial charge in [0.2, 0.25) is 0 Å². The zero-order valence-corrected chi connectivity index (χ0v) is 16.2. The summed E-state index contributed by atoms with van der Waals surface area (Å²) in [4.78, 5) is 11.6. The highest BCUT2D eigenvalue weighted by Crippen LogP contribution is 2.25.